The SMILES string of the molecule is CCCCCCCOC1CCCCC1C#N. The van der Waals surface area contributed by atoms with E-state index >= 15 is 0 Å². The summed E-state index contributed by atoms with van der Waals surface area (Å²) in [7, 11) is 0. The second kappa shape index (κ2) is 8.58. The summed E-state index contributed by atoms with van der Waals surface area (Å²) in [4.78, 5) is 0. The van der Waals surface area contributed by atoms with Crippen molar-refractivity contribution in [3.8, 4) is 6.07 Å². The van der Waals surface area contributed by atoms with Crippen LogP contribution < -0.4 is 0 Å². The zero-order valence-electron chi connectivity index (χ0n) is 10.6. The Bertz CT molecular complexity index is 209. The Labute approximate surface area is 100.0 Å². The van der Waals surface area contributed by atoms with Gasteiger partial charge < -0.3 is 4.74 Å². The molecule has 0 bridgehead atoms. The molecule has 0 radical (unpaired) electrons. The molecule has 0 heterocycles. The molecule has 1 aliphatic rings. The summed E-state index contributed by atoms with van der Waals surface area (Å²) in [6, 6.07) is 2.39. The van der Waals surface area contributed by atoms with Crippen molar-refractivity contribution in [3.63, 3.8) is 0 Å². The monoisotopic (exact) mass is 223 g/mol. The Morgan fingerprint density at radius 1 is 1.12 bits per heavy atom. The molecule has 1 fully saturated rings. The van der Waals surface area contributed by atoms with Gasteiger partial charge in [0, 0.05) is 6.61 Å². The second-order valence-corrected chi connectivity index (χ2v) is 4.84. The molecule has 0 spiro atoms. The highest BCUT2D eigenvalue weighted by Gasteiger charge is 2.25. The Kier molecular flexibility index (Phi) is 7.25. The van der Waals surface area contributed by atoms with Gasteiger partial charge in [-0.2, -0.15) is 5.26 Å². The number of hydrogen-bond acceptors (Lipinski definition) is 2. The molecule has 2 nitrogen and oxygen atoms in total. The average Bonchev–Trinajstić information content (AvgIpc) is 2.34. The Morgan fingerprint density at radius 2 is 1.88 bits per heavy atom. The molecule has 1 aliphatic carbocycles. The van der Waals surface area contributed by atoms with E-state index in [-0.39, 0.29) is 12.0 Å². The Morgan fingerprint density at radius 3 is 2.62 bits per heavy atom. The first kappa shape index (κ1) is 13.5. The van der Waals surface area contributed by atoms with Crippen molar-refractivity contribution in [3.05, 3.63) is 0 Å². The third-order valence-corrected chi connectivity index (χ3v) is 3.45. The molecule has 16 heavy (non-hydrogen) atoms. The van der Waals surface area contributed by atoms with E-state index in [4.69, 9.17) is 10.00 Å². The third kappa shape index (κ3) is 4.99. The summed E-state index contributed by atoms with van der Waals surface area (Å²) in [5, 5.41) is 9.00. The topological polar surface area (TPSA) is 33.0 Å². The first-order valence-electron chi connectivity index (χ1n) is 6.89. The van der Waals surface area contributed by atoms with Gasteiger partial charge >= 0.3 is 0 Å². The first-order chi connectivity index (χ1) is 7.88. The lowest BCUT2D eigenvalue weighted by atomic mass is 9.87. The number of rotatable bonds is 7. The van der Waals surface area contributed by atoms with Gasteiger partial charge in [-0.15, -0.1) is 0 Å². The first-order valence-corrected chi connectivity index (χ1v) is 6.89. The van der Waals surface area contributed by atoms with E-state index in [1.807, 2.05) is 0 Å². The van der Waals surface area contributed by atoms with Crippen molar-refractivity contribution in [1.29, 1.82) is 5.26 Å². The van der Waals surface area contributed by atoms with E-state index in [0.717, 1.165) is 25.9 Å². The van der Waals surface area contributed by atoms with E-state index < -0.39 is 0 Å². The average molecular weight is 223 g/mol. The molecule has 2 atom stereocenters. The van der Waals surface area contributed by atoms with E-state index in [9.17, 15) is 0 Å². The molecule has 92 valence electrons. The molecule has 0 amide bonds. The van der Waals surface area contributed by atoms with E-state index in [1.54, 1.807) is 0 Å². The molecule has 0 N–H and O–H groups in total. The summed E-state index contributed by atoms with van der Waals surface area (Å²) < 4.78 is 5.84. The quantitative estimate of drug-likeness (QED) is 0.610. The van der Waals surface area contributed by atoms with Gasteiger partial charge in [-0.05, 0) is 19.3 Å². The molecule has 0 aromatic heterocycles. The van der Waals surface area contributed by atoms with Crippen LogP contribution in [-0.4, -0.2) is 12.7 Å². The molecule has 2 heteroatoms. The summed E-state index contributed by atoms with van der Waals surface area (Å²) in [6.45, 7) is 3.09. The summed E-state index contributed by atoms with van der Waals surface area (Å²) >= 11 is 0. The Hall–Kier alpha value is -0.550. The number of unbranched alkanes of at least 4 members (excludes halogenated alkanes) is 4. The van der Waals surface area contributed by atoms with Crippen molar-refractivity contribution >= 4 is 0 Å². The fourth-order valence-corrected chi connectivity index (χ4v) is 2.38. The molecule has 0 aromatic rings. The number of ether oxygens (including phenoxy) is 1. The molecule has 0 saturated heterocycles. The van der Waals surface area contributed by atoms with Crippen molar-refractivity contribution in [2.24, 2.45) is 5.92 Å². The van der Waals surface area contributed by atoms with E-state index in [1.165, 1.54) is 38.5 Å². The highest BCUT2D eigenvalue weighted by molar-refractivity contribution is 4.91. The normalized spacial score (nSPS) is 25.2. The van der Waals surface area contributed by atoms with Crippen LogP contribution in [0.4, 0.5) is 0 Å². The van der Waals surface area contributed by atoms with Crippen LogP contribution in [0.25, 0.3) is 0 Å². The van der Waals surface area contributed by atoms with Crippen LogP contribution in [0.3, 0.4) is 0 Å². The maximum absolute atomic E-state index is 9.00. The van der Waals surface area contributed by atoms with Gasteiger partial charge in [0.1, 0.15) is 0 Å². The van der Waals surface area contributed by atoms with Crippen LogP contribution in [-0.2, 0) is 4.74 Å². The van der Waals surface area contributed by atoms with Gasteiger partial charge in [-0.3, -0.25) is 0 Å². The minimum absolute atomic E-state index is 0.157. The molecule has 0 aliphatic heterocycles. The Balaban J connectivity index is 2.04. The van der Waals surface area contributed by atoms with Gasteiger partial charge in [0.25, 0.3) is 0 Å². The van der Waals surface area contributed by atoms with Crippen LogP contribution in [0, 0.1) is 17.2 Å². The lowest BCUT2D eigenvalue weighted by Gasteiger charge is -2.26. The molecule has 0 aromatic carbocycles. The summed E-state index contributed by atoms with van der Waals surface area (Å²) in [6.07, 6.45) is 11.2. The van der Waals surface area contributed by atoms with Gasteiger partial charge in [-0.25, -0.2) is 0 Å². The highest BCUT2D eigenvalue weighted by atomic mass is 16.5. The van der Waals surface area contributed by atoms with Crippen LogP contribution in [0.5, 0.6) is 0 Å². The predicted octanol–water partition coefficient (Wildman–Crippen LogP) is 4.06. The number of nitriles is 1. The fourth-order valence-electron chi connectivity index (χ4n) is 2.38. The minimum Gasteiger partial charge on any atom is -0.377 e. The van der Waals surface area contributed by atoms with Crippen LogP contribution >= 0.6 is 0 Å². The van der Waals surface area contributed by atoms with Crippen molar-refractivity contribution in [1.82, 2.24) is 0 Å². The fraction of sp³-hybridized carbons (Fsp3) is 0.929. The zero-order valence-corrected chi connectivity index (χ0v) is 10.6. The summed E-state index contributed by atoms with van der Waals surface area (Å²) in [5.41, 5.74) is 0. The van der Waals surface area contributed by atoms with E-state index in [0.29, 0.717) is 0 Å². The van der Waals surface area contributed by atoms with Gasteiger partial charge in [-0.1, -0.05) is 45.4 Å². The highest BCUT2D eigenvalue weighted by Crippen LogP contribution is 2.26. The predicted molar refractivity (Wildman–Crippen MR) is 66.1 cm³/mol. The zero-order chi connectivity index (χ0) is 11.6. The maximum Gasteiger partial charge on any atom is 0.0733 e. The second-order valence-electron chi connectivity index (χ2n) is 4.84. The van der Waals surface area contributed by atoms with E-state index in [2.05, 4.69) is 13.0 Å². The van der Waals surface area contributed by atoms with Crippen LogP contribution in [0.15, 0.2) is 0 Å². The van der Waals surface area contributed by atoms with Crippen molar-refractivity contribution in [2.75, 3.05) is 6.61 Å². The minimum atomic E-state index is 0.157. The third-order valence-electron chi connectivity index (χ3n) is 3.45. The van der Waals surface area contributed by atoms with Crippen molar-refractivity contribution in [2.45, 2.75) is 70.8 Å². The lowest BCUT2D eigenvalue weighted by molar-refractivity contribution is 0.00419. The standard InChI is InChI=1S/C14H25NO/c1-2-3-4-5-8-11-16-14-10-7-6-9-13(14)12-15/h13-14H,2-11H2,1H3. The van der Waals surface area contributed by atoms with Crippen LogP contribution in [0.2, 0.25) is 0 Å². The van der Waals surface area contributed by atoms with Crippen LogP contribution in [0.1, 0.15) is 64.7 Å². The van der Waals surface area contributed by atoms with Gasteiger partial charge in [0.2, 0.25) is 0 Å². The maximum atomic E-state index is 9.00. The van der Waals surface area contributed by atoms with Gasteiger partial charge in [0.15, 0.2) is 0 Å². The van der Waals surface area contributed by atoms with Crippen molar-refractivity contribution < 1.29 is 4.74 Å². The lowest BCUT2D eigenvalue weighted by Crippen LogP contribution is -2.27. The van der Waals surface area contributed by atoms with Gasteiger partial charge in [0.05, 0.1) is 18.1 Å². The molecule has 1 saturated carbocycles. The molecular formula is C14H25NO. The number of hydrogen-bond donors (Lipinski definition) is 0. The largest absolute Gasteiger partial charge is 0.377 e. The molecule has 2 unspecified atom stereocenters. The number of nitrogens with zero attached hydrogens (tertiary/aromatic N) is 1. The smallest absolute Gasteiger partial charge is 0.0733 e. The molecular weight excluding hydrogens is 198 g/mol. The summed E-state index contributed by atoms with van der Waals surface area (Å²) in [5.74, 6) is 0.157. The molecule has 1 rings (SSSR count).